The molecule has 1 spiro atoms. The van der Waals surface area contributed by atoms with E-state index in [1.165, 1.54) is 10.6 Å². The Labute approximate surface area is 137 Å². The molecule has 23 heavy (non-hydrogen) atoms. The molecule has 7 nitrogen and oxygen atoms in total. The van der Waals surface area contributed by atoms with Gasteiger partial charge in [0.2, 0.25) is 15.9 Å². The van der Waals surface area contributed by atoms with E-state index in [4.69, 9.17) is 4.74 Å². The van der Waals surface area contributed by atoms with Gasteiger partial charge in [-0.05, 0) is 31.1 Å². The highest BCUT2D eigenvalue weighted by atomic mass is 32.2. The number of amides is 1. The zero-order valence-electron chi connectivity index (χ0n) is 13.6. The minimum atomic E-state index is -3.21. The van der Waals surface area contributed by atoms with E-state index in [9.17, 15) is 18.3 Å². The lowest BCUT2D eigenvalue weighted by Crippen LogP contribution is -2.61. The molecular formula is C15H26N2O5S. The van der Waals surface area contributed by atoms with Crippen LogP contribution in [-0.4, -0.2) is 80.4 Å². The van der Waals surface area contributed by atoms with Crippen molar-refractivity contribution in [3.8, 4) is 0 Å². The molecule has 3 fully saturated rings. The third kappa shape index (κ3) is 3.40. The van der Waals surface area contributed by atoms with Crippen LogP contribution in [0.15, 0.2) is 0 Å². The van der Waals surface area contributed by atoms with Gasteiger partial charge in [0.1, 0.15) is 0 Å². The molecular weight excluding hydrogens is 320 g/mol. The van der Waals surface area contributed by atoms with Gasteiger partial charge in [-0.2, -0.15) is 0 Å². The summed E-state index contributed by atoms with van der Waals surface area (Å²) in [6.07, 6.45) is 4.91. The second kappa shape index (κ2) is 6.31. The molecule has 0 saturated carbocycles. The smallest absolute Gasteiger partial charge is 0.228 e. The first-order chi connectivity index (χ1) is 10.8. The highest BCUT2D eigenvalue weighted by molar-refractivity contribution is 7.88. The average molecular weight is 346 g/mol. The number of hydrogen-bond donors (Lipinski definition) is 1. The molecule has 3 aliphatic heterocycles. The van der Waals surface area contributed by atoms with E-state index >= 15 is 0 Å². The highest BCUT2D eigenvalue weighted by Crippen LogP contribution is 2.41. The molecule has 1 N–H and O–H groups in total. The zero-order valence-corrected chi connectivity index (χ0v) is 14.4. The number of carbonyl (C=O) groups excluding carboxylic acids is 1. The van der Waals surface area contributed by atoms with Crippen molar-refractivity contribution in [3.63, 3.8) is 0 Å². The van der Waals surface area contributed by atoms with Crippen molar-refractivity contribution in [2.45, 2.75) is 31.7 Å². The largest absolute Gasteiger partial charge is 0.394 e. The Bertz CT molecular complexity index is 552. The topological polar surface area (TPSA) is 87.2 Å². The summed E-state index contributed by atoms with van der Waals surface area (Å²) in [7, 11) is -3.21. The fourth-order valence-electron chi connectivity index (χ4n) is 3.96. The average Bonchev–Trinajstić information content (AvgIpc) is 2.45. The molecule has 3 rings (SSSR count). The third-order valence-corrected chi connectivity index (χ3v) is 6.90. The van der Waals surface area contributed by atoms with Crippen molar-refractivity contribution >= 4 is 15.9 Å². The van der Waals surface area contributed by atoms with Crippen molar-refractivity contribution in [3.05, 3.63) is 0 Å². The quantitative estimate of drug-likeness (QED) is 0.755. The van der Waals surface area contributed by atoms with E-state index in [1.54, 1.807) is 0 Å². The van der Waals surface area contributed by atoms with Crippen molar-refractivity contribution < 1.29 is 23.1 Å². The van der Waals surface area contributed by atoms with Gasteiger partial charge in [-0.15, -0.1) is 0 Å². The van der Waals surface area contributed by atoms with E-state index in [2.05, 4.69) is 0 Å². The predicted octanol–water partition coefficient (Wildman–Crippen LogP) is -0.342. The van der Waals surface area contributed by atoms with E-state index in [1.807, 2.05) is 4.90 Å². The molecule has 1 atom stereocenters. The molecule has 1 unspecified atom stereocenters. The Morgan fingerprint density at radius 1 is 1.26 bits per heavy atom. The molecule has 3 aliphatic rings. The van der Waals surface area contributed by atoms with E-state index in [0.717, 1.165) is 38.9 Å². The molecule has 3 heterocycles. The number of rotatable bonds is 3. The lowest BCUT2D eigenvalue weighted by molar-refractivity contribution is -0.150. The van der Waals surface area contributed by atoms with Crippen LogP contribution in [0.5, 0.6) is 0 Å². The van der Waals surface area contributed by atoms with Gasteiger partial charge in [-0.1, -0.05) is 0 Å². The zero-order chi connectivity index (χ0) is 16.7. The summed E-state index contributed by atoms with van der Waals surface area (Å²) in [4.78, 5) is 14.6. The first kappa shape index (κ1) is 17.1. The maximum Gasteiger partial charge on any atom is 0.228 e. The molecule has 0 aromatic heterocycles. The summed E-state index contributed by atoms with van der Waals surface area (Å²) < 4.78 is 29.7. The second-order valence-electron chi connectivity index (χ2n) is 7.23. The number of sulfonamides is 1. The van der Waals surface area contributed by atoms with Crippen LogP contribution >= 0.6 is 0 Å². The Kier molecular flexibility index (Phi) is 4.70. The summed E-state index contributed by atoms with van der Waals surface area (Å²) in [5.74, 6) is -0.275. The van der Waals surface area contributed by atoms with Crippen LogP contribution in [0.1, 0.15) is 25.7 Å². The third-order valence-electron chi connectivity index (χ3n) is 5.67. The van der Waals surface area contributed by atoms with Crippen LogP contribution in [0, 0.1) is 11.3 Å². The maximum absolute atomic E-state index is 12.8. The standard InChI is InChI=1S/C15H26N2O5S/c1-23(20,21)16-8-12(9-16)14(19)17-11-15(3-2-13(17)10-18)4-6-22-7-5-15/h12-13,18H,2-11H2,1H3. The number of aliphatic hydroxyl groups is 1. The van der Waals surface area contributed by atoms with E-state index in [0.29, 0.717) is 6.54 Å². The second-order valence-corrected chi connectivity index (χ2v) is 9.21. The lowest BCUT2D eigenvalue weighted by atomic mass is 9.72. The number of aliphatic hydroxyl groups excluding tert-OH is 1. The Hall–Kier alpha value is -0.700. The fourth-order valence-corrected chi connectivity index (χ4v) is 4.86. The van der Waals surface area contributed by atoms with Crippen molar-refractivity contribution in [2.75, 3.05) is 45.7 Å². The molecule has 3 saturated heterocycles. The highest BCUT2D eigenvalue weighted by Gasteiger charge is 2.46. The fraction of sp³-hybridized carbons (Fsp3) is 0.933. The number of nitrogens with zero attached hydrogens (tertiary/aromatic N) is 2. The van der Waals surface area contributed by atoms with Gasteiger partial charge in [0.15, 0.2) is 0 Å². The van der Waals surface area contributed by atoms with Crippen LogP contribution in [0.2, 0.25) is 0 Å². The van der Waals surface area contributed by atoms with Gasteiger partial charge in [-0.3, -0.25) is 4.79 Å². The number of piperidine rings is 1. The summed E-state index contributed by atoms with van der Waals surface area (Å²) in [5, 5.41) is 9.63. The van der Waals surface area contributed by atoms with Crippen molar-refractivity contribution in [1.82, 2.24) is 9.21 Å². The predicted molar refractivity (Wildman–Crippen MR) is 84.2 cm³/mol. The molecule has 0 aliphatic carbocycles. The molecule has 0 radical (unpaired) electrons. The Balaban J connectivity index is 1.67. The summed E-state index contributed by atoms with van der Waals surface area (Å²) in [6.45, 7) is 2.63. The van der Waals surface area contributed by atoms with Gasteiger partial charge >= 0.3 is 0 Å². The first-order valence-electron chi connectivity index (χ1n) is 8.29. The minimum absolute atomic E-state index is 0.00508. The lowest BCUT2D eigenvalue weighted by Gasteiger charge is -2.50. The summed E-state index contributed by atoms with van der Waals surface area (Å²) >= 11 is 0. The van der Waals surface area contributed by atoms with Crippen molar-refractivity contribution in [1.29, 1.82) is 0 Å². The number of carbonyl (C=O) groups is 1. The molecule has 1 amide bonds. The van der Waals surface area contributed by atoms with E-state index < -0.39 is 10.0 Å². The molecule has 0 bridgehead atoms. The summed E-state index contributed by atoms with van der Waals surface area (Å²) in [6, 6.07) is -0.136. The van der Waals surface area contributed by atoms with Crippen LogP contribution in [-0.2, 0) is 19.6 Å². The Morgan fingerprint density at radius 3 is 2.48 bits per heavy atom. The molecule has 0 aromatic carbocycles. The maximum atomic E-state index is 12.8. The SMILES string of the molecule is CS(=O)(=O)N1CC(C(=O)N2CC3(CCOCC3)CCC2CO)C1. The van der Waals surface area contributed by atoms with Crippen molar-refractivity contribution in [2.24, 2.45) is 11.3 Å². The number of ether oxygens (including phenoxy) is 1. The molecule has 0 aromatic rings. The molecule has 132 valence electrons. The normalized spacial score (nSPS) is 29.5. The van der Waals surface area contributed by atoms with Crippen LogP contribution in [0.4, 0.5) is 0 Å². The van der Waals surface area contributed by atoms with Gasteiger partial charge in [0, 0.05) is 32.8 Å². The summed E-state index contributed by atoms with van der Waals surface area (Å²) in [5.41, 5.74) is 0.111. The van der Waals surface area contributed by atoms with Gasteiger partial charge < -0.3 is 14.7 Å². The van der Waals surface area contributed by atoms with Gasteiger partial charge in [-0.25, -0.2) is 12.7 Å². The Morgan fingerprint density at radius 2 is 1.91 bits per heavy atom. The molecule has 8 heteroatoms. The minimum Gasteiger partial charge on any atom is -0.394 e. The van der Waals surface area contributed by atoms with Gasteiger partial charge in [0.25, 0.3) is 0 Å². The van der Waals surface area contributed by atoms with Gasteiger partial charge in [0.05, 0.1) is 24.8 Å². The first-order valence-corrected chi connectivity index (χ1v) is 10.1. The monoisotopic (exact) mass is 346 g/mol. The van der Waals surface area contributed by atoms with Crippen LogP contribution in [0.25, 0.3) is 0 Å². The number of hydrogen-bond acceptors (Lipinski definition) is 5. The number of likely N-dealkylation sites (tertiary alicyclic amines) is 1. The van der Waals surface area contributed by atoms with E-state index in [-0.39, 0.29) is 43.0 Å². The van der Waals surface area contributed by atoms with Crippen LogP contribution in [0.3, 0.4) is 0 Å². The van der Waals surface area contributed by atoms with Crippen LogP contribution < -0.4 is 0 Å².